The highest BCUT2D eigenvalue weighted by Crippen LogP contribution is 2.28. The average molecular weight is 225 g/mol. The number of rotatable bonds is 3. The summed E-state index contributed by atoms with van der Waals surface area (Å²) in [6.45, 7) is 3.93. The van der Waals surface area contributed by atoms with Crippen molar-refractivity contribution in [2.45, 2.75) is 0 Å². The average Bonchev–Trinajstić information content (AvgIpc) is 2.39. The highest BCUT2D eigenvalue weighted by Gasteiger charge is 2.15. The number of hydrogen-bond donors (Lipinski definition) is 0. The van der Waals surface area contributed by atoms with Crippen LogP contribution in [-0.4, -0.2) is 4.92 Å². The number of nitro benzene ring substituents is 1. The van der Waals surface area contributed by atoms with Crippen molar-refractivity contribution in [1.29, 1.82) is 0 Å². The zero-order valence-corrected chi connectivity index (χ0v) is 9.17. The number of nitro groups is 1. The van der Waals surface area contributed by atoms with Crippen molar-refractivity contribution in [2.24, 2.45) is 0 Å². The lowest BCUT2D eigenvalue weighted by Crippen LogP contribution is -1.95. The molecule has 0 aliphatic rings. The van der Waals surface area contributed by atoms with Crippen LogP contribution in [0.25, 0.3) is 5.57 Å². The van der Waals surface area contributed by atoms with Gasteiger partial charge in [0, 0.05) is 6.07 Å². The lowest BCUT2D eigenvalue weighted by atomic mass is 9.98. The summed E-state index contributed by atoms with van der Waals surface area (Å²) in [5.74, 6) is 0. The molecule has 0 spiro atoms. The van der Waals surface area contributed by atoms with Crippen LogP contribution in [0.4, 0.5) is 5.69 Å². The molecule has 2 rings (SSSR count). The summed E-state index contributed by atoms with van der Waals surface area (Å²) >= 11 is 0. The van der Waals surface area contributed by atoms with E-state index in [2.05, 4.69) is 6.58 Å². The fourth-order valence-electron chi connectivity index (χ4n) is 1.68. The van der Waals surface area contributed by atoms with Gasteiger partial charge in [-0.25, -0.2) is 0 Å². The molecule has 0 N–H and O–H groups in total. The minimum atomic E-state index is -0.385. The van der Waals surface area contributed by atoms with Crippen molar-refractivity contribution in [3.63, 3.8) is 0 Å². The van der Waals surface area contributed by atoms with Crippen LogP contribution in [0.5, 0.6) is 0 Å². The summed E-state index contributed by atoms with van der Waals surface area (Å²) in [5, 5.41) is 10.9. The van der Waals surface area contributed by atoms with E-state index in [1.54, 1.807) is 18.2 Å². The molecule has 17 heavy (non-hydrogen) atoms. The largest absolute Gasteiger partial charge is 0.277 e. The summed E-state index contributed by atoms with van der Waals surface area (Å²) in [6, 6.07) is 16.1. The predicted molar refractivity (Wildman–Crippen MR) is 67.7 cm³/mol. The molecule has 2 aromatic rings. The lowest BCUT2D eigenvalue weighted by molar-refractivity contribution is -0.385. The molecular formula is C14H11NO2. The van der Waals surface area contributed by atoms with Gasteiger partial charge in [0.15, 0.2) is 0 Å². The maximum atomic E-state index is 10.9. The Bertz CT molecular complexity index is 561. The molecule has 3 nitrogen and oxygen atoms in total. The standard InChI is InChI=1S/C14H11NO2/c1-11(12-7-3-2-4-8-12)13-9-5-6-10-14(13)15(16)17/h2-10H,1H2. The van der Waals surface area contributed by atoms with Crippen molar-refractivity contribution < 1.29 is 4.92 Å². The molecule has 0 bridgehead atoms. The second-order valence-corrected chi connectivity index (χ2v) is 3.62. The molecule has 0 amide bonds. The van der Waals surface area contributed by atoms with Crippen LogP contribution >= 0.6 is 0 Å². The van der Waals surface area contributed by atoms with E-state index in [0.29, 0.717) is 11.1 Å². The third-order valence-electron chi connectivity index (χ3n) is 2.55. The summed E-state index contributed by atoms with van der Waals surface area (Å²) in [4.78, 5) is 10.5. The Balaban J connectivity index is 2.48. The van der Waals surface area contributed by atoms with Crippen molar-refractivity contribution in [3.05, 3.63) is 82.4 Å². The van der Waals surface area contributed by atoms with Crippen LogP contribution in [0.3, 0.4) is 0 Å². The predicted octanol–water partition coefficient (Wildman–Crippen LogP) is 3.66. The van der Waals surface area contributed by atoms with Crippen LogP contribution in [0, 0.1) is 10.1 Å². The molecular weight excluding hydrogens is 214 g/mol. The second-order valence-electron chi connectivity index (χ2n) is 3.62. The third kappa shape index (κ3) is 2.23. The van der Waals surface area contributed by atoms with E-state index >= 15 is 0 Å². The van der Waals surface area contributed by atoms with E-state index in [4.69, 9.17) is 0 Å². The van der Waals surface area contributed by atoms with Gasteiger partial charge in [-0.05, 0) is 17.2 Å². The normalized spacial score (nSPS) is 9.88. The van der Waals surface area contributed by atoms with E-state index in [-0.39, 0.29) is 10.6 Å². The lowest BCUT2D eigenvalue weighted by Gasteiger charge is -2.06. The Labute approximate surface area is 99.2 Å². The van der Waals surface area contributed by atoms with Gasteiger partial charge in [0.2, 0.25) is 0 Å². The first-order chi connectivity index (χ1) is 8.20. The highest BCUT2D eigenvalue weighted by atomic mass is 16.6. The quantitative estimate of drug-likeness (QED) is 0.591. The topological polar surface area (TPSA) is 43.1 Å². The van der Waals surface area contributed by atoms with Gasteiger partial charge in [-0.1, -0.05) is 49.0 Å². The third-order valence-corrected chi connectivity index (χ3v) is 2.55. The van der Waals surface area contributed by atoms with Gasteiger partial charge >= 0.3 is 0 Å². The van der Waals surface area contributed by atoms with E-state index in [1.807, 2.05) is 30.3 Å². The number of hydrogen-bond acceptors (Lipinski definition) is 2. The minimum absolute atomic E-state index is 0.0846. The maximum absolute atomic E-state index is 10.9. The molecule has 0 saturated heterocycles. The van der Waals surface area contributed by atoms with E-state index in [1.165, 1.54) is 6.07 Å². The first-order valence-electron chi connectivity index (χ1n) is 5.18. The number of nitrogens with zero attached hydrogens (tertiary/aromatic N) is 1. The van der Waals surface area contributed by atoms with E-state index < -0.39 is 0 Å². The summed E-state index contributed by atoms with van der Waals surface area (Å²) < 4.78 is 0. The number of benzene rings is 2. The van der Waals surface area contributed by atoms with Gasteiger partial charge in [-0.3, -0.25) is 10.1 Å². The Morgan fingerprint density at radius 2 is 1.59 bits per heavy atom. The molecule has 0 aliphatic carbocycles. The van der Waals surface area contributed by atoms with Crippen LogP contribution in [0.1, 0.15) is 11.1 Å². The molecule has 0 unspecified atom stereocenters. The van der Waals surface area contributed by atoms with Crippen molar-refractivity contribution in [1.82, 2.24) is 0 Å². The van der Waals surface area contributed by atoms with Gasteiger partial charge in [0.25, 0.3) is 5.69 Å². The summed E-state index contributed by atoms with van der Waals surface area (Å²) in [7, 11) is 0. The van der Waals surface area contributed by atoms with Gasteiger partial charge in [-0.15, -0.1) is 0 Å². The maximum Gasteiger partial charge on any atom is 0.277 e. The van der Waals surface area contributed by atoms with Gasteiger partial charge in [0.1, 0.15) is 0 Å². The van der Waals surface area contributed by atoms with Gasteiger partial charge < -0.3 is 0 Å². The molecule has 2 aromatic carbocycles. The Kier molecular flexibility index (Phi) is 3.01. The fraction of sp³-hybridized carbons (Fsp3) is 0. The van der Waals surface area contributed by atoms with Crippen LogP contribution in [0.2, 0.25) is 0 Å². The molecule has 3 heteroatoms. The molecule has 0 fully saturated rings. The molecule has 0 heterocycles. The van der Waals surface area contributed by atoms with Gasteiger partial charge in [-0.2, -0.15) is 0 Å². The van der Waals surface area contributed by atoms with E-state index in [9.17, 15) is 10.1 Å². The Morgan fingerprint density at radius 1 is 1.00 bits per heavy atom. The smallest absolute Gasteiger partial charge is 0.258 e. The SMILES string of the molecule is C=C(c1ccccc1)c1ccccc1[N+](=O)[O-]. The highest BCUT2D eigenvalue weighted by molar-refractivity contribution is 5.82. The fourth-order valence-corrected chi connectivity index (χ4v) is 1.68. The van der Waals surface area contributed by atoms with Crippen LogP contribution in [0.15, 0.2) is 61.2 Å². The minimum Gasteiger partial charge on any atom is -0.258 e. The summed E-state index contributed by atoms with van der Waals surface area (Å²) in [5.41, 5.74) is 2.20. The second kappa shape index (κ2) is 4.61. The van der Waals surface area contributed by atoms with Crippen LogP contribution < -0.4 is 0 Å². The molecule has 0 aromatic heterocycles. The molecule has 0 saturated carbocycles. The van der Waals surface area contributed by atoms with Crippen molar-refractivity contribution >= 4 is 11.3 Å². The summed E-state index contributed by atoms with van der Waals surface area (Å²) in [6.07, 6.45) is 0. The molecule has 0 aliphatic heterocycles. The Hall–Kier alpha value is -2.42. The van der Waals surface area contributed by atoms with Crippen LogP contribution in [-0.2, 0) is 0 Å². The first kappa shape index (κ1) is 11.1. The molecule has 84 valence electrons. The van der Waals surface area contributed by atoms with Gasteiger partial charge in [0.05, 0.1) is 10.5 Å². The zero-order valence-electron chi connectivity index (χ0n) is 9.17. The van der Waals surface area contributed by atoms with Crippen molar-refractivity contribution in [3.8, 4) is 0 Å². The number of para-hydroxylation sites is 1. The molecule has 0 radical (unpaired) electrons. The van der Waals surface area contributed by atoms with E-state index in [0.717, 1.165) is 5.56 Å². The molecule has 0 atom stereocenters. The zero-order chi connectivity index (χ0) is 12.3. The monoisotopic (exact) mass is 225 g/mol. The first-order valence-corrected chi connectivity index (χ1v) is 5.18. The van der Waals surface area contributed by atoms with Crippen molar-refractivity contribution in [2.75, 3.05) is 0 Å². The Morgan fingerprint density at radius 3 is 2.24 bits per heavy atom.